The molecule has 4 nitrogen and oxygen atoms in total. The van der Waals surface area contributed by atoms with Gasteiger partial charge in [0.25, 0.3) is 0 Å². The minimum absolute atomic E-state index is 0.154. The number of amides is 1. The molecule has 1 aliphatic rings. The largest absolute Gasteiger partial charge is 0.309 e. The Bertz CT molecular complexity index is 1010. The van der Waals surface area contributed by atoms with Crippen LogP contribution in [0, 0.1) is 29.2 Å². The number of carbonyl (C=O) groups is 1. The molecule has 1 aromatic heterocycles. The van der Waals surface area contributed by atoms with Crippen molar-refractivity contribution in [3.05, 3.63) is 83.1 Å². The quantitative estimate of drug-likeness (QED) is 0.524. The van der Waals surface area contributed by atoms with Gasteiger partial charge >= 0.3 is 0 Å². The number of rotatable bonds is 5. The Morgan fingerprint density at radius 2 is 1.75 bits per heavy atom. The molecule has 1 heterocycles. The lowest BCUT2D eigenvalue weighted by Crippen LogP contribution is -2.15. The Labute approximate surface area is 157 Å². The summed E-state index contributed by atoms with van der Waals surface area (Å²) in [6.45, 7) is -0.516. The van der Waals surface area contributed by atoms with Gasteiger partial charge in [0, 0.05) is 24.2 Å². The summed E-state index contributed by atoms with van der Waals surface area (Å²) in [5.74, 6) is -5.91. The molecule has 2 atom stereocenters. The van der Waals surface area contributed by atoms with Crippen molar-refractivity contribution in [2.75, 3.05) is 5.32 Å². The van der Waals surface area contributed by atoms with Crippen LogP contribution >= 0.6 is 0 Å². The highest BCUT2D eigenvalue weighted by atomic mass is 19.2. The van der Waals surface area contributed by atoms with Crippen molar-refractivity contribution in [3.63, 3.8) is 0 Å². The number of anilines is 1. The summed E-state index contributed by atoms with van der Waals surface area (Å²) in [6.07, 6.45) is 2.09. The second-order valence-electron chi connectivity index (χ2n) is 6.69. The Kier molecular flexibility index (Phi) is 4.62. The Balaban J connectivity index is 1.43. The Morgan fingerprint density at radius 1 is 1.07 bits per heavy atom. The van der Waals surface area contributed by atoms with Crippen LogP contribution in [0.1, 0.15) is 23.5 Å². The van der Waals surface area contributed by atoms with E-state index in [1.165, 1.54) is 12.3 Å². The maximum Gasteiger partial charge on any atom is 0.229 e. The summed E-state index contributed by atoms with van der Waals surface area (Å²) in [4.78, 5) is 12.3. The summed E-state index contributed by atoms with van der Waals surface area (Å²) < 4.78 is 55.2. The van der Waals surface area contributed by atoms with Crippen LogP contribution in [-0.4, -0.2) is 15.7 Å². The first-order chi connectivity index (χ1) is 13.4. The van der Waals surface area contributed by atoms with E-state index in [1.807, 2.05) is 30.3 Å². The van der Waals surface area contributed by atoms with Crippen LogP contribution in [0.3, 0.4) is 0 Å². The smallest absolute Gasteiger partial charge is 0.229 e. The molecule has 2 aromatic carbocycles. The van der Waals surface area contributed by atoms with Gasteiger partial charge < -0.3 is 5.32 Å². The predicted octanol–water partition coefficient (Wildman–Crippen LogP) is 4.23. The highest BCUT2D eigenvalue weighted by molar-refractivity contribution is 5.94. The van der Waals surface area contributed by atoms with Crippen molar-refractivity contribution < 1.29 is 22.4 Å². The third-order valence-electron chi connectivity index (χ3n) is 4.77. The molecule has 0 bridgehead atoms. The molecular formula is C20H15F4N3O. The zero-order chi connectivity index (χ0) is 19.8. The fourth-order valence-electron chi connectivity index (χ4n) is 3.21. The molecule has 1 aliphatic carbocycles. The van der Waals surface area contributed by atoms with E-state index < -0.39 is 35.4 Å². The van der Waals surface area contributed by atoms with Crippen molar-refractivity contribution in [3.8, 4) is 0 Å². The van der Waals surface area contributed by atoms with E-state index in [9.17, 15) is 22.4 Å². The number of nitrogens with one attached hydrogen (secondary N) is 1. The van der Waals surface area contributed by atoms with Gasteiger partial charge in [0.15, 0.2) is 29.1 Å². The van der Waals surface area contributed by atoms with Crippen LogP contribution in [-0.2, 0) is 11.3 Å². The normalized spacial score (nSPS) is 18.1. The van der Waals surface area contributed by atoms with Crippen molar-refractivity contribution in [2.45, 2.75) is 18.9 Å². The zero-order valence-electron chi connectivity index (χ0n) is 14.5. The zero-order valence-corrected chi connectivity index (χ0v) is 14.5. The van der Waals surface area contributed by atoms with E-state index in [1.54, 1.807) is 0 Å². The second kappa shape index (κ2) is 7.10. The molecule has 2 unspecified atom stereocenters. The van der Waals surface area contributed by atoms with Gasteiger partial charge in [0.1, 0.15) is 0 Å². The summed E-state index contributed by atoms with van der Waals surface area (Å²) in [6, 6.07) is 11.3. The first kappa shape index (κ1) is 18.2. The lowest BCUT2D eigenvalue weighted by Gasteiger charge is -2.07. The molecule has 3 aromatic rings. The first-order valence-electron chi connectivity index (χ1n) is 8.65. The molecule has 0 saturated heterocycles. The number of hydrogen-bond acceptors (Lipinski definition) is 2. The number of benzene rings is 2. The minimum atomic E-state index is -1.48. The standard InChI is InChI=1S/C20H15F4N3O/c21-15-9-16(22)19(24)14(18(15)23)10-27-7-6-17(26-27)25-20(28)13-8-12(13)11-4-2-1-3-5-11/h1-7,9,12-13H,8,10H2,(H,25,26,28). The number of carbonyl (C=O) groups excluding carboxylic acids is 1. The van der Waals surface area contributed by atoms with E-state index in [0.717, 1.165) is 16.7 Å². The van der Waals surface area contributed by atoms with Crippen molar-refractivity contribution in [2.24, 2.45) is 5.92 Å². The van der Waals surface area contributed by atoms with Gasteiger partial charge in [-0.3, -0.25) is 9.48 Å². The van der Waals surface area contributed by atoms with Crippen molar-refractivity contribution in [1.82, 2.24) is 9.78 Å². The van der Waals surface area contributed by atoms with E-state index in [0.29, 0.717) is 0 Å². The van der Waals surface area contributed by atoms with E-state index in [-0.39, 0.29) is 29.6 Å². The maximum atomic E-state index is 13.8. The summed E-state index contributed by atoms with van der Waals surface area (Å²) in [5.41, 5.74) is 0.317. The van der Waals surface area contributed by atoms with Crippen molar-refractivity contribution in [1.29, 1.82) is 0 Å². The summed E-state index contributed by atoms with van der Waals surface area (Å²) >= 11 is 0. The average molecular weight is 389 g/mol. The summed E-state index contributed by atoms with van der Waals surface area (Å²) in [5, 5.41) is 6.66. The van der Waals surface area contributed by atoms with Gasteiger partial charge in [-0.05, 0) is 17.9 Å². The number of aromatic nitrogens is 2. The monoisotopic (exact) mass is 389 g/mol. The van der Waals surface area contributed by atoms with Crippen LogP contribution in [0.5, 0.6) is 0 Å². The Hall–Kier alpha value is -3.16. The fourth-order valence-corrected chi connectivity index (χ4v) is 3.21. The molecule has 1 N–H and O–H groups in total. The predicted molar refractivity (Wildman–Crippen MR) is 93.5 cm³/mol. The van der Waals surface area contributed by atoms with E-state index in [2.05, 4.69) is 10.4 Å². The lowest BCUT2D eigenvalue weighted by atomic mass is 10.1. The second-order valence-corrected chi connectivity index (χ2v) is 6.69. The molecule has 8 heteroatoms. The first-order valence-corrected chi connectivity index (χ1v) is 8.65. The molecule has 1 saturated carbocycles. The topological polar surface area (TPSA) is 46.9 Å². The minimum Gasteiger partial charge on any atom is -0.309 e. The van der Waals surface area contributed by atoms with Crippen LogP contribution in [0.2, 0.25) is 0 Å². The molecule has 4 rings (SSSR count). The molecule has 1 amide bonds. The van der Waals surface area contributed by atoms with Gasteiger partial charge in [-0.2, -0.15) is 5.10 Å². The van der Waals surface area contributed by atoms with Gasteiger partial charge in [-0.15, -0.1) is 0 Å². The highest BCUT2D eigenvalue weighted by Crippen LogP contribution is 2.47. The number of hydrogen-bond donors (Lipinski definition) is 1. The molecule has 0 spiro atoms. The van der Waals surface area contributed by atoms with Crippen LogP contribution in [0.15, 0.2) is 48.7 Å². The maximum absolute atomic E-state index is 13.8. The summed E-state index contributed by atoms with van der Waals surface area (Å²) in [7, 11) is 0. The van der Waals surface area contributed by atoms with E-state index in [4.69, 9.17) is 0 Å². The molecule has 1 fully saturated rings. The van der Waals surface area contributed by atoms with Gasteiger partial charge in [0.2, 0.25) is 5.91 Å². The highest BCUT2D eigenvalue weighted by Gasteiger charge is 2.43. The van der Waals surface area contributed by atoms with Crippen LogP contribution < -0.4 is 5.32 Å². The SMILES string of the molecule is O=C(Nc1ccn(Cc2c(F)c(F)cc(F)c2F)n1)C1CC1c1ccccc1. The third-order valence-corrected chi connectivity index (χ3v) is 4.77. The van der Waals surface area contributed by atoms with E-state index >= 15 is 0 Å². The molecule has 28 heavy (non-hydrogen) atoms. The average Bonchev–Trinajstić information content (AvgIpc) is 3.38. The van der Waals surface area contributed by atoms with Gasteiger partial charge in [-0.1, -0.05) is 30.3 Å². The van der Waals surface area contributed by atoms with Gasteiger partial charge in [0.05, 0.1) is 12.1 Å². The molecular weight excluding hydrogens is 374 g/mol. The van der Waals surface area contributed by atoms with Crippen LogP contribution in [0.25, 0.3) is 0 Å². The molecule has 144 valence electrons. The lowest BCUT2D eigenvalue weighted by molar-refractivity contribution is -0.117. The van der Waals surface area contributed by atoms with Crippen LogP contribution in [0.4, 0.5) is 23.4 Å². The Morgan fingerprint density at radius 3 is 2.43 bits per heavy atom. The number of halogens is 4. The molecule has 0 aliphatic heterocycles. The fraction of sp³-hybridized carbons (Fsp3) is 0.200. The van der Waals surface area contributed by atoms with Crippen molar-refractivity contribution >= 4 is 11.7 Å². The molecule has 0 radical (unpaired) electrons. The van der Waals surface area contributed by atoms with Gasteiger partial charge in [-0.25, -0.2) is 17.6 Å². The number of nitrogens with zero attached hydrogens (tertiary/aromatic N) is 2. The third kappa shape index (κ3) is 3.49.